The van der Waals surface area contributed by atoms with Crippen molar-refractivity contribution in [1.29, 1.82) is 0 Å². The third-order valence-corrected chi connectivity index (χ3v) is 3.84. The molecule has 0 saturated heterocycles. The molecule has 0 saturated carbocycles. The van der Waals surface area contributed by atoms with Crippen molar-refractivity contribution in [2.75, 3.05) is 18.5 Å². The van der Waals surface area contributed by atoms with Crippen LogP contribution in [-0.2, 0) is 9.53 Å². The summed E-state index contributed by atoms with van der Waals surface area (Å²) in [6.45, 7) is 1.77. The van der Waals surface area contributed by atoms with Crippen molar-refractivity contribution in [1.82, 2.24) is 0 Å². The quantitative estimate of drug-likeness (QED) is 0.474. The number of hydrogen-bond acceptors (Lipinski definition) is 7. The molecule has 0 aliphatic carbocycles. The molecule has 0 bridgehead atoms. The Kier molecular flexibility index (Phi) is 5.39. The number of carbonyl (C=O) groups excluding carboxylic acids is 2. The summed E-state index contributed by atoms with van der Waals surface area (Å²) >= 11 is 0. The van der Waals surface area contributed by atoms with Crippen molar-refractivity contribution in [3.05, 3.63) is 57.9 Å². The van der Waals surface area contributed by atoms with Crippen molar-refractivity contribution in [2.45, 2.75) is 13.0 Å². The zero-order chi connectivity index (χ0) is 20.3. The number of fused-ring (bicyclic) bond motifs is 1. The van der Waals surface area contributed by atoms with Crippen LogP contribution in [0, 0.1) is 15.9 Å². The molecule has 2 aromatic rings. The van der Waals surface area contributed by atoms with Gasteiger partial charge in [0.25, 0.3) is 11.6 Å². The number of carbonyl (C=O) groups is 2. The van der Waals surface area contributed by atoms with Gasteiger partial charge in [0.2, 0.25) is 0 Å². The summed E-state index contributed by atoms with van der Waals surface area (Å²) in [6.07, 6.45) is -1.26. The van der Waals surface area contributed by atoms with E-state index in [1.54, 1.807) is 0 Å². The van der Waals surface area contributed by atoms with Gasteiger partial charge in [-0.1, -0.05) is 0 Å². The number of anilines is 1. The van der Waals surface area contributed by atoms with E-state index >= 15 is 0 Å². The predicted octanol–water partition coefficient (Wildman–Crippen LogP) is 2.69. The first kappa shape index (κ1) is 19.1. The summed E-state index contributed by atoms with van der Waals surface area (Å²) < 4.78 is 28.6. The van der Waals surface area contributed by atoms with Gasteiger partial charge >= 0.3 is 5.97 Å². The van der Waals surface area contributed by atoms with E-state index in [-0.39, 0.29) is 30.3 Å². The van der Waals surface area contributed by atoms with Crippen LogP contribution in [0.1, 0.15) is 17.3 Å². The molecule has 2 aromatic carbocycles. The molecule has 1 amide bonds. The first-order valence-electron chi connectivity index (χ1n) is 8.20. The molecule has 1 aliphatic heterocycles. The predicted molar refractivity (Wildman–Crippen MR) is 94.0 cm³/mol. The number of nitrogens with one attached hydrogen (secondary N) is 1. The van der Waals surface area contributed by atoms with Crippen LogP contribution in [0.15, 0.2) is 36.4 Å². The number of nitro groups is 1. The lowest BCUT2D eigenvalue weighted by Gasteiger charge is -2.19. The van der Waals surface area contributed by atoms with E-state index in [9.17, 15) is 24.1 Å². The van der Waals surface area contributed by atoms with Gasteiger partial charge in [0, 0.05) is 11.8 Å². The second-order valence-corrected chi connectivity index (χ2v) is 5.81. The van der Waals surface area contributed by atoms with Crippen molar-refractivity contribution < 1.29 is 33.1 Å². The van der Waals surface area contributed by atoms with Gasteiger partial charge < -0.3 is 19.5 Å². The fraction of sp³-hybridized carbons (Fsp3) is 0.222. The van der Waals surface area contributed by atoms with Gasteiger partial charge in [0.15, 0.2) is 17.6 Å². The minimum atomic E-state index is -1.26. The number of nitro benzene ring substituents is 1. The van der Waals surface area contributed by atoms with E-state index in [0.717, 1.165) is 24.3 Å². The molecule has 1 N–H and O–H groups in total. The normalized spacial score (nSPS) is 13.4. The highest BCUT2D eigenvalue weighted by Crippen LogP contribution is 2.37. The molecule has 0 spiro atoms. The minimum Gasteiger partial charge on any atom is -0.486 e. The monoisotopic (exact) mass is 390 g/mol. The van der Waals surface area contributed by atoms with Gasteiger partial charge in [0.1, 0.15) is 24.6 Å². The van der Waals surface area contributed by atoms with Crippen LogP contribution in [0.4, 0.5) is 15.8 Å². The van der Waals surface area contributed by atoms with Crippen molar-refractivity contribution in [2.24, 2.45) is 0 Å². The van der Waals surface area contributed by atoms with Crippen LogP contribution in [0.5, 0.6) is 11.5 Å². The summed E-state index contributed by atoms with van der Waals surface area (Å²) in [5.41, 5.74) is -0.587. The number of benzene rings is 2. The van der Waals surface area contributed by atoms with Crippen molar-refractivity contribution >= 4 is 23.3 Å². The lowest BCUT2D eigenvalue weighted by atomic mass is 10.1. The number of rotatable bonds is 5. The van der Waals surface area contributed by atoms with Gasteiger partial charge in [-0.2, -0.15) is 0 Å². The zero-order valence-corrected chi connectivity index (χ0v) is 14.6. The molecular formula is C18H15FN2O7. The van der Waals surface area contributed by atoms with Crippen LogP contribution in [-0.4, -0.2) is 36.1 Å². The van der Waals surface area contributed by atoms with Crippen molar-refractivity contribution in [3.8, 4) is 11.5 Å². The Labute approximate surface area is 158 Å². The van der Waals surface area contributed by atoms with Gasteiger partial charge in [-0.25, -0.2) is 9.18 Å². The number of halogens is 1. The Hall–Kier alpha value is -3.69. The molecule has 1 aliphatic rings. The van der Waals surface area contributed by atoms with E-state index in [1.807, 2.05) is 0 Å². The second kappa shape index (κ2) is 7.91. The maximum atomic E-state index is 12.9. The summed E-state index contributed by atoms with van der Waals surface area (Å²) in [7, 11) is 0. The lowest BCUT2D eigenvalue weighted by Crippen LogP contribution is -2.30. The molecule has 0 fully saturated rings. The Balaban J connectivity index is 1.75. The highest BCUT2D eigenvalue weighted by atomic mass is 19.1. The van der Waals surface area contributed by atoms with E-state index < -0.39 is 34.4 Å². The largest absolute Gasteiger partial charge is 0.486 e. The van der Waals surface area contributed by atoms with Crippen LogP contribution in [0.3, 0.4) is 0 Å². The third-order valence-electron chi connectivity index (χ3n) is 3.84. The first-order chi connectivity index (χ1) is 13.3. The van der Waals surface area contributed by atoms with E-state index in [4.69, 9.17) is 14.2 Å². The first-order valence-corrected chi connectivity index (χ1v) is 8.20. The smallest absolute Gasteiger partial charge is 0.346 e. The Morgan fingerprint density at radius 3 is 2.39 bits per heavy atom. The summed E-state index contributed by atoms with van der Waals surface area (Å²) in [5.74, 6) is -1.89. The molecule has 1 atom stereocenters. The Morgan fingerprint density at radius 2 is 1.79 bits per heavy atom. The van der Waals surface area contributed by atoms with Crippen LogP contribution >= 0.6 is 0 Å². The molecule has 0 aromatic heterocycles. The Bertz CT molecular complexity index is 930. The third kappa shape index (κ3) is 4.17. The molecule has 1 heterocycles. The average molecular weight is 390 g/mol. The molecular weight excluding hydrogens is 375 g/mol. The zero-order valence-electron chi connectivity index (χ0n) is 14.6. The number of ether oxygens (including phenoxy) is 3. The minimum absolute atomic E-state index is 0.150. The van der Waals surface area contributed by atoms with E-state index in [1.165, 1.54) is 19.1 Å². The van der Waals surface area contributed by atoms with Crippen LogP contribution < -0.4 is 14.8 Å². The standard InChI is InChI=1S/C18H15FN2O7/c1-10(17(22)20-12-4-2-11(19)3-5-12)28-18(23)13-8-15-16(27-7-6-26-15)9-14(13)21(24)25/h2-5,8-10H,6-7H2,1H3,(H,20,22)/t10-/m0/s1. The van der Waals surface area contributed by atoms with Gasteiger partial charge in [-0.3, -0.25) is 14.9 Å². The fourth-order valence-corrected chi connectivity index (χ4v) is 2.45. The second-order valence-electron chi connectivity index (χ2n) is 5.81. The number of esters is 1. The molecule has 3 rings (SSSR count). The maximum Gasteiger partial charge on any atom is 0.346 e. The van der Waals surface area contributed by atoms with Gasteiger partial charge in [0.05, 0.1) is 11.0 Å². The topological polar surface area (TPSA) is 117 Å². The molecule has 28 heavy (non-hydrogen) atoms. The highest BCUT2D eigenvalue weighted by Gasteiger charge is 2.29. The highest BCUT2D eigenvalue weighted by molar-refractivity contribution is 5.99. The molecule has 10 heteroatoms. The molecule has 0 unspecified atom stereocenters. The molecule has 146 valence electrons. The number of nitrogens with zero attached hydrogens (tertiary/aromatic N) is 1. The summed E-state index contributed by atoms with van der Waals surface area (Å²) in [5, 5.41) is 13.7. The number of hydrogen-bond donors (Lipinski definition) is 1. The molecule has 0 radical (unpaired) electrons. The average Bonchev–Trinajstić information content (AvgIpc) is 2.68. The Morgan fingerprint density at radius 1 is 1.18 bits per heavy atom. The van der Waals surface area contributed by atoms with E-state index in [2.05, 4.69) is 5.32 Å². The van der Waals surface area contributed by atoms with Crippen LogP contribution in [0.25, 0.3) is 0 Å². The van der Waals surface area contributed by atoms with Crippen LogP contribution in [0.2, 0.25) is 0 Å². The SMILES string of the molecule is C[C@H](OC(=O)c1cc2c(cc1[N+](=O)[O-])OCCO2)C(=O)Nc1ccc(F)cc1. The summed E-state index contributed by atoms with van der Waals surface area (Å²) in [6, 6.07) is 7.23. The van der Waals surface area contributed by atoms with E-state index in [0.29, 0.717) is 5.69 Å². The molecule has 9 nitrogen and oxygen atoms in total. The fourth-order valence-electron chi connectivity index (χ4n) is 2.45. The van der Waals surface area contributed by atoms with Gasteiger partial charge in [-0.05, 0) is 31.2 Å². The van der Waals surface area contributed by atoms with Gasteiger partial charge in [-0.15, -0.1) is 0 Å². The summed E-state index contributed by atoms with van der Waals surface area (Å²) in [4.78, 5) is 35.1. The number of amides is 1. The van der Waals surface area contributed by atoms with Crippen molar-refractivity contribution in [3.63, 3.8) is 0 Å². The lowest BCUT2D eigenvalue weighted by molar-refractivity contribution is -0.385. The maximum absolute atomic E-state index is 12.9.